The van der Waals surface area contributed by atoms with Gasteiger partial charge in [-0.1, -0.05) is 6.42 Å². The number of urea groups is 1. The third kappa shape index (κ3) is 1.12. The first-order valence-corrected chi connectivity index (χ1v) is 5.35. The van der Waals surface area contributed by atoms with Crippen LogP contribution in [0.1, 0.15) is 25.7 Å². The van der Waals surface area contributed by atoms with Crippen LogP contribution in [0.3, 0.4) is 0 Å². The number of fused-ring (bicyclic) bond motifs is 2. The zero-order valence-electron chi connectivity index (χ0n) is 8.23. The molecule has 2 bridgehead atoms. The number of rotatable bonds is 1. The van der Waals surface area contributed by atoms with Gasteiger partial charge in [-0.05, 0) is 31.1 Å². The summed E-state index contributed by atoms with van der Waals surface area (Å²) >= 11 is 0. The lowest BCUT2D eigenvalue weighted by atomic mass is 9.94. The summed E-state index contributed by atoms with van der Waals surface area (Å²) in [5, 5.41) is 2.05. The predicted octanol–water partition coefficient (Wildman–Crippen LogP) is 0.253. The van der Waals surface area contributed by atoms with Gasteiger partial charge in [0, 0.05) is 6.04 Å². The standard InChI is InChI=1S/C10H12N2O3/c13-8-9(14)12(10(15)11-8)7-4-5-1-2-6(7)3-5/h5-7H,1-4H2,(H,11,13,15). The minimum Gasteiger partial charge on any atom is -0.269 e. The van der Waals surface area contributed by atoms with E-state index in [9.17, 15) is 14.4 Å². The van der Waals surface area contributed by atoms with Crippen LogP contribution in [0.2, 0.25) is 0 Å². The van der Waals surface area contributed by atoms with Gasteiger partial charge in [0.1, 0.15) is 0 Å². The Morgan fingerprint density at radius 3 is 2.40 bits per heavy atom. The second-order valence-electron chi connectivity index (χ2n) is 4.68. The molecule has 1 aliphatic heterocycles. The summed E-state index contributed by atoms with van der Waals surface area (Å²) in [6, 6.07) is -0.551. The van der Waals surface area contributed by atoms with Gasteiger partial charge in [-0.2, -0.15) is 0 Å². The van der Waals surface area contributed by atoms with E-state index >= 15 is 0 Å². The molecule has 0 aromatic rings. The molecule has 1 N–H and O–H groups in total. The van der Waals surface area contributed by atoms with Crippen LogP contribution in [0.5, 0.6) is 0 Å². The van der Waals surface area contributed by atoms with Crippen molar-refractivity contribution >= 4 is 17.8 Å². The van der Waals surface area contributed by atoms with E-state index in [2.05, 4.69) is 5.32 Å². The topological polar surface area (TPSA) is 66.5 Å². The lowest BCUT2D eigenvalue weighted by Crippen LogP contribution is -2.43. The lowest BCUT2D eigenvalue weighted by Gasteiger charge is -2.27. The fourth-order valence-electron chi connectivity index (χ4n) is 3.24. The molecule has 3 unspecified atom stereocenters. The summed E-state index contributed by atoms with van der Waals surface area (Å²) < 4.78 is 0. The van der Waals surface area contributed by atoms with Crippen LogP contribution in [-0.2, 0) is 9.59 Å². The van der Waals surface area contributed by atoms with Gasteiger partial charge in [0.05, 0.1) is 0 Å². The quantitative estimate of drug-likeness (QED) is 0.496. The molecule has 1 saturated heterocycles. The molecule has 3 fully saturated rings. The van der Waals surface area contributed by atoms with Crippen molar-refractivity contribution in [3.63, 3.8) is 0 Å². The fourth-order valence-corrected chi connectivity index (χ4v) is 3.24. The molecule has 5 nitrogen and oxygen atoms in total. The van der Waals surface area contributed by atoms with Gasteiger partial charge in [-0.3, -0.25) is 19.8 Å². The molecule has 0 aromatic carbocycles. The first-order valence-electron chi connectivity index (χ1n) is 5.35. The highest BCUT2D eigenvalue weighted by Crippen LogP contribution is 2.46. The summed E-state index contributed by atoms with van der Waals surface area (Å²) in [5.74, 6) is -0.368. The minimum atomic E-state index is -0.775. The third-order valence-corrected chi connectivity index (χ3v) is 3.88. The van der Waals surface area contributed by atoms with E-state index < -0.39 is 17.8 Å². The van der Waals surface area contributed by atoms with Crippen molar-refractivity contribution in [2.24, 2.45) is 11.8 Å². The van der Waals surface area contributed by atoms with E-state index in [1.54, 1.807) is 0 Å². The summed E-state index contributed by atoms with van der Waals surface area (Å²) in [7, 11) is 0. The van der Waals surface area contributed by atoms with Crippen LogP contribution in [0.4, 0.5) is 4.79 Å². The van der Waals surface area contributed by atoms with Crippen molar-refractivity contribution in [1.82, 2.24) is 10.2 Å². The highest BCUT2D eigenvalue weighted by Gasteiger charge is 2.50. The maximum atomic E-state index is 11.5. The van der Waals surface area contributed by atoms with E-state index in [-0.39, 0.29) is 6.04 Å². The van der Waals surface area contributed by atoms with Gasteiger partial charge >= 0.3 is 17.8 Å². The Bertz CT molecular complexity index is 366. The van der Waals surface area contributed by atoms with Crippen molar-refractivity contribution in [2.45, 2.75) is 31.7 Å². The van der Waals surface area contributed by atoms with Crippen molar-refractivity contribution in [1.29, 1.82) is 0 Å². The highest BCUT2D eigenvalue weighted by molar-refractivity contribution is 6.44. The second-order valence-corrected chi connectivity index (χ2v) is 4.68. The Morgan fingerprint density at radius 1 is 1.13 bits per heavy atom. The predicted molar refractivity (Wildman–Crippen MR) is 49.6 cm³/mol. The highest BCUT2D eigenvalue weighted by atomic mass is 16.2. The number of nitrogens with one attached hydrogen (secondary N) is 1. The molecule has 5 heteroatoms. The molecule has 0 aromatic heterocycles. The molecule has 3 atom stereocenters. The van der Waals surface area contributed by atoms with Gasteiger partial charge in [0.15, 0.2) is 0 Å². The van der Waals surface area contributed by atoms with Crippen molar-refractivity contribution < 1.29 is 14.4 Å². The van der Waals surface area contributed by atoms with Crippen LogP contribution >= 0.6 is 0 Å². The molecule has 2 aliphatic carbocycles. The largest absolute Gasteiger partial charge is 0.331 e. The number of hydrogen-bond acceptors (Lipinski definition) is 3. The number of nitrogens with zero attached hydrogens (tertiary/aromatic N) is 1. The molecule has 1 heterocycles. The average molecular weight is 208 g/mol. The maximum Gasteiger partial charge on any atom is 0.331 e. The smallest absolute Gasteiger partial charge is 0.269 e. The Balaban J connectivity index is 1.85. The molecular formula is C10H12N2O3. The molecular weight excluding hydrogens is 196 g/mol. The van der Waals surface area contributed by atoms with E-state index in [1.165, 1.54) is 6.42 Å². The zero-order chi connectivity index (χ0) is 10.6. The van der Waals surface area contributed by atoms with Crippen LogP contribution in [-0.4, -0.2) is 28.8 Å². The minimum absolute atomic E-state index is 0.0253. The Morgan fingerprint density at radius 2 is 1.93 bits per heavy atom. The molecule has 0 radical (unpaired) electrons. The molecule has 3 rings (SSSR count). The monoisotopic (exact) mass is 208 g/mol. The van der Waals surface area contributed by atoms with E-state index in [4.69, 9.17) is 0 Å². The summed E-state index contributed by atoms with van der Waals surface area (Å²) in [6.45, 7) is 0. The second kappa shape index (κ2) is 2.81. The van der Waals surface area contributed by atoms with Gasteiger partial charge in [-0.25, -0.2) is 4.79 Å². The van der Waals surface area contributed by atoms with Crippen LogP contribution in [0.15, 0.2) is 0 Å². The summed E-state index contributed by atoms with van der Waals surface area (Å²) in [4.78, 5) is 35.1. The average Bonchev–Trinajstić information content (AvgIpc) is 2.83. The molecule has 80 valence electrons. The molecule has 4 amide bonds. The number of imide groups is 2. The first-order chi connectivity index (χ1) is 7.16. The zero-order valence-corrected chi connectivity index (χ0v) is 8.23. The normalized spacial score (nSPS) is 39.1. The molecule has 15 heavy (non-hydrogen) atoms. The maximum absolute atomic E-state index is 11.5. The Kier molecular flexibility index (Phi) is 1.66. The molecule has 0 spiro atoms. The van der Waals surface area contributed by atoms with Crippen LogP contribution in [0.25, 0.3) is 0 Å². The van der Waals surface area contributed by atoms with Gasteiger partial charge in [0.2, 0.25) is 0 Å². The van der Waals surface area contributed by atoms with Gasteiger partial charge < -0.3 is 0 Å². The number of hydrogen-bond donors (Lipinski definition) is 1. The van der Waals surface area contributed by atoms with Crippen LogP contribution < -0.4 is 5.32 Å². The third-order valence-electron chi connectivity index (χ3n) is 3.88. The molecule has 2 saturated carbocycles. The lowest BCUT2D eigenvalue weighted by molar-refractivity contribution is -0.141. The number of amides is 4. The van der Waals surface area contributed by atoms with Gasteiger partial charge in [-0.15, -0.1) is 0 Å². The van der Waals surface area contributed by atoms with Crippen molar-refractivity contribution in [3.8, 4) is 0 Å². The Hall–Kier alpha value is -1.39. The first kappa shape index (κ1) is 8.88. The van der Waals surface area contributed by atoms with E-state index in [0.29, 0.717) is 11.8 Å². The molecule has 3 aliphatic rings. The SMILES string of the molecule is O=C1NC(=O)N(C2CC3CCC2C3)C1=O. The van der Waals surface area contributed by atoms with Crippen molar-refractivity contribution in [2.75, 3.05) is 0 Å². The number of carbonyl (C=O) groups is 3. The van der Waals surface area contributed by atoms with Gasteiger partial charge in [0.25, 0.3) is 0 Å². The summed E-state index contributed by atoms with van der Waals surface area (Å²) in [5.41, 5.74) is 0. The van der Waals surface area contributed by atoms with Crippen LogP contribution in [0, 0.1) is 11.8 Å². The van der Waals surface area contributed by atoms with E-state index in [1.807, 2.05) is 0 Å². The Labute approximate surface area is 86.8 Å². The van der Waals surface area contributed by atoms with Crippen molar-refractivity contribution in [3.05, 3.63) is 0 Å². The fraction of sp³-hybridized carbons (Fsp3) is 0.700. The van der Waals surface area contributed by atoms with E-state index in [0.717, 1.165) is 24.2 Å². The number of carbonyl (C=O) groups excluding carboxylic acids is 3. The summed E-state index contributed by atoms with van der Waals surface area (Å²) in [6.07, 6.45) is 4.28.